The molecule has 3 heterocycles. The predicted molar refractivity (Wildman–Crippen MR) is 137 cm³/mol. The van der Waals surface area contributed by atoms with Crippen LogP contribution < -0.4 is 10.9 Å². The van der Waals surface area contributed by atoms with Gasteiger partial charge in [-0.1, -0.05) is 18.2 Å². The Kier molecular flexibility index (Phi) is 6.71. The van der Waals surface area contributed by atoms with Crippen molar-refractivity contribution < 1.29 is 22.4 Å². The molecule has 1 aliphatic heterocycles. The lowest BCUT2D eigenvalue weighted by molar-refractivity contribution is 0.0979. The van der Waals surface area contributed by atoms with Crippen molar-refractivity contribution in [3.05, 3.63) is 76.0 Å². The topological polar surface area (TPSA) is 119 Å². The minimum atomic E-state index is -3.70. The van der Waals surface area contributed by atoms with Gasteiger partial charge in [0.2, 0.25) is 10.0 Å². The summed E-state index contributed by atoms with van der Waals surface area (Å²) >= 11 is 1.17. The Morgan fingerprint density at radius 3 is 2.72 bits per heavy atom. The molecule has 1 fully saturated rings. The van der Waals surface area contributed by atoms with Crippen LogP contribution >= 0.6 is 11.3 Å². The molecular weight excluding hydrogens is 502 g/mol. The molecule has 5 rings (SSSR count). The largest absolute Gasteiger partial charge is 0.422 e. The Hall–Kier alpha value is -3.38. The summed E-state index contributed by atoms with van der Waals surface area (Å²) in [4.78, 5) is 29.6. The van der Waals surface area contributed by atoms with E-state index in [4.69, 9.17) is 9.15 Å². The van der Waals surface area contributed by atoms with Gasteiger partial charge in [0.1, 0.15) is 5.58 Å². The number of rotatable bonds is 7. The van der Waals surface area contributed by atoms with Crippen molar-refractivity contribution in [1.82, 2.24) is 9.29 Å². The van der Waals surface area contributed by atoms with Crippen LogP contribution in [0.3, 0.4) is 0 Å². The molecule has 186 valence electrons. The highest BCUT2D eigenvalue weighted by molar-refractivity contribution is 7.89. The predicted octanol–water partition coefficient (Wildman–Crippen LogP) is 3.97. The average molecular weight is 526 g/mol. The highest BCUT2D eigenvalue weighted by Crippen LogP contribution is 2.26. The number of benzene rings is 2. The Morgan fingerprint density at radius 2 is 1.97 bits per heavy atom. The average Bonchev–Trinajstić information content (AvgIpc) is 3.56. The Balaban J connectivity index is 1.28. The molecule has 1 saturated heterocycles. The van der Waals surface area contributed by atoms with Gasteiger partial charge in [-0.15, -0.1) is 11.3 Å². The number of ether oxygens (including phenoxy) is 1. The maximum absolute atomic E-state index is 12.9. The van der Waals surface area contributed by atoms with Crippen LogP contribution in [0.4, 0.5) is 5.13 Å². The van der Waals surface area contributed by atoms with E-state index in [9.17, 15) is 18.0 Å². The van der Waals surface area contributed by atoms with Gasteiger partial charge in [0.15, 0.2) is 5.13 Å². The van der Waals surface area contributed by atoms with E-state index in [0.29, 0.717) is 28.6 Å². The molecule has 0 spiro atoms. The number of nitrogens with one attached hydrogen (secondary N) is 1. The van der Waals surface area contributed by atoms with E-state index in [2.05, 4.69) is 10.3 Å². The number of amides is 1. The van der Waals surface area contributed by atoms with Crippen molar-refractivity contribution in [3.8, 4) is 11.3 Å². The number of carbonyl (C=O) groups is 1. The lowest BCUT2D eigenvalue weighted by Gasteiger charge is -2.20. The summed E-state index contributed by atoms with van der Waals surface area (Å²) < 4.78 is 37.9. The molecule has 1 atom stereocenters. The second-order valence-electron chi connectivity index (χ2n) is 8.42. The molecule has 0 saturated carbocycles. The third kappa shape index (κ3) is 4.96. The SMILES string of the molecule is CN(CC1CCCO1)S(=O)(=O)c1ccc(C(=O)Nc2nc(-c3cc4ccccc4oc3=O)cs2)cc1. The number of para-hydroxylation sites is 1. The molecule has 0 aliphatic carbocycles. The van der Waals surface area contributed by atoms with Crippen molar-refractivity contribution in [1.29, 1.82) is 0 Å². The van der Waals surface area contributed by atoms with Crippen molar-refractivity contribution in [2.45, 2.75) is 23.8 Å². The van der Waals surface area contributed by atoms with Crippen LogP contribution in [0.25, 0.3) is 22.2 Å². The number of likely N-dealkylation sites (N-methyl/N-ethyl adjacent to an activating group) is 1. The van der Waals surface area contributed by atoms with E-state index in [1.807, 2.05) is 12.1 Å². The maximum Gasteiger partial charge on any atom is 0.345 e. The highest BCUT2D eigenvalue weighted by Gasteiger charge is 2.26. The fraction of sp³-hybridized carbons (Fsp3) is 0.240. The summed E-state index contributed by atoms with van der Waals surface area (Å²) in [5.41, 5.74) is 0.937. The van der Waals surface area contributed by atoms with E-state index in [-0.39, 0.29) is 23.1 Å². The van der Waals surface area contributed by atoms with E-state index in [1.165, 1.54) is 47.0 Å². The zero-order valence-corrected chi connectivity index (χ0v) is 21.0. The summed E-state index contributed by atoms with van der Waals surface area (Å²) in [5.74, 6) is -0.446. The first-order chi connectivity index (χ1) is 17.3. The van der Waals surface area contributed by atoms with Crippen LogP contribution in [0.1, 0.15) is 23.2 Å². The molecule has 36 heavy (non-hydrogen) atoms. The fourth-order valence-electron chi connectivity index (χ4n) is 4.00. The van der Waals surface area contributed by atoms with Crippen LogP contribution in [-0.2, 0) is 14.8 Å². The van der Waals surface area contributed by atoms with Crippen molar-refractivity contribution >= 4 is 43.4 Å². The van der Waals surface area contributed by atoms with E-state index in [0.717, 1.165) is 18.2 Å². The summed E-state index contributed by atoms with van der Waals surface area (Å²) in [6.45, 7) is 0.936. The lowest BCUT2D eigenvalue weighted by Crippen LogP contribution is -2.34. The lowest BCUT2D eigenvalue weighted by atomic mass is 10.1. The molecule has 1 N–H and O–H groups in total. The number of hydrogen-bond acceptors (Lipinski definition) is 8. The monoisotopic (exact) mass is 525 g/mol. The van der Waals surface area contributed by atoms with Crippen molar-refractivity contribution in [2.24, 2.45) is 0 Å². The molecule has 1 unspecified atom stereocenters. The van der Waals surface area contributed by atoms with Gasteiger partial charge in [0, 0.05) is 36.5 Å². The Morgan fingerprint density at radius 1 is 1.19 bits per heavy atom. The van der Waals surface area contributed by atoms with Gasteiger partial charge in [-0.05, 0) is 49.2 Å². The first-order valence-electron chi connectivity index (χ1n) is 11.3. The zero-order valence-electron chi connectivity index (χ0n) is 19.3. The van der Waals surface area contributed by atoms with Gasteiger partial charge in [-0.25, -0.2) is 18.2 Å². The standard InChI is InChI=1S/C25H23N3O6S2/c1-28(14-18-6-4-12-33-18)36(31,32)19-10-8-16(9-11-19)23(29)27-25-26-21(15-35-25)20-13-17-5-2-3-7-22(17)34-24(20)30/h2-3,5,7-11,13,15,18H,4,6,12,14H2,1H3,(H,26,27,29). The van der Waals surface area contributed by atoms with Gasteiger partial charge in [-0.2, -0.15) is 4.31 Å². The number of aromatic nitrogens is 1. The normalized spacial score (nSPS) is 16.0. The quantitative estimate of drug-likeness (QED) is 0.363. The van der Waals surface area contributed by atoms with Crippen LogP contribution in [0.5, 0.6) is 0 Å². The van der Waals surface area contributed by atoms with Crippen LogP contribution in [0, 0.1) is 0 Å². The number of fused-ring (bicyclic) bond motifs is 1. The second kappa shape index (κ2) is 9.94. The molecule has 9 nitrogen and oxygen atoms in total. The number of anilines is 1. The second-order valence-corrected chi connectivity index (χ2v) is 11.3. The summed E-state index contributed by atoms with van der Waals surface area (Å²) in [6.07, 6.45) is 1.67. The third-order valence-electron chi connectivity index (χ3n) is 5.95. The van der Waals surface area contributed by atoms with Crippen LogP contribution in [0.2, 0.25) is 0 Å². The van der Waals surface area contributed by atoms with Gasteiger partial charge in [0.25, 0.3) is 5.91 Å². The first kappa shape index (κ1) is 24.3. The highest BCUT2D eigenvalue weighted by atomic mass is 32.2. The summed E-state index contributed by atoms with van der Waals surface area (Å²) in [7, 11) is -2.18. The molecule has 2 aromatic carbocycles. The maximum atomic E-state index is 12.9. The van der Waals surface area contributed by atoms with Crippen molar-refractivity contribution in [3.63, 3.8) is 0 Å². The van der Waals surface area contributed by atoms with E-state index >= 15 is 0 Å². The molecule has 0 radical (unpaired) electrons. The van der Waals surface area contributed by atoms with E-state index < -0.39 is 21.6 Å². The minimum Gasteiger partial charge on any atom is -0.422 e. The van der Waals surface area contributed by atoms with Gasteiger partial charge < -0.3 is 9.15 Å². The summed E-state index contributed by atoms with van der Waals surface area (Å²) in [5, 5.41) is 5.42. The van der Waals surface area contributed by atoms with Gasteiger partial charge in [-0.3, -0.25) is 10.1 Å². The molecular formula is C25H23N3O6S2. The number of carbonyl (C=O) groups excluding carboxylic acids is 1. The van der Waals surface area contributed by atoms with Crippen LogP contribution in [-0.4, -0.2) is 49.9 Å². The third-order valence-corrected chi connectivity index (χ3v) is 8.55. The zero-order chi connectivity index (χ0) is 25.3. The number of nitrogens with zero attached hydrogens (tertiary/aromatic N) is 2. The van der Waals surface area contributed by atoms with Gasteiger partial charge >= 0.3 is 5.63 Å². The minimum absolute atomic E-state index is 0.0964. The fourth-order valence-corrected chi connectivity index (χ4v) is 5.90. The number of thiazole rings is 1. The molecule has 1 aliphatic rings. The molecule has 1 amide bonds. The van der Waals surface area contributed by atoms with Gasteiger partial charge in [0.05, 0.1) is 22.3 Å². The Labute approximate surface area is 211 Å². The number of sulfonamides is 1. The van der Waals surface area contributed by atoms with Crippen molar-refractivity contribution in [2.75, 3.05) is 25.5 Å². The Bertz CT molecular complexity index is 1570. The molecule has 0 bridgehead atoms. The van der Waals surface area contributed by atoms with Crippen LogP contribution in [0.15, 0.2) is 74.1 Å². The summed E-state index contributed by atoms with van der Waals surface area (Å²) in [6, 6.07) is 14.6. The first-order valence-corrected chi connectivity index (χ1v) is 13.6. The molecule has 11 heteroatoms. The smallest absolute Gasteiger partial charge is 0.345 e. The molecule has 2 aromatic heterocycles. The molecule has 4 aromatic rings. The van der Waals surface area contributed by atoms with E-state index in [1.54, 1.807) is 23.6 Å². The number of hydrogen-bond donors (Lipinski definition) is 1.